The Bertz CT molecular complexity index is 739. The number of hydrogen-bond acceptors (Lipinski definition) is 3. The van der Waals surface area contributed by atoms with E-state index in [9.17, 15) is 9.59 Å². The van der Waals surface area contributed by atoms with Gasteiger partial charge in [0.15, 0.2) is 0 Å². The van der Waals surface area contributed by atoms with Crippen molar-refractivity contribution < 1.29 is 14.3 Å². The van der Waals surface area contributed by atoms with Gasteiger partial charge in [0.25, 0.3) is 0 Å². The van der Waals surface area contributed by atoms with Crippen LogP contribution in [0.3, 0.4) is 0 Å². The van der Waals surface area contributed by atoms with E-state index < -0.39 is 5.97 Å². The lowest BCUT2D eigenvalue weighted by Gasteiger charge is -2.22. The molecule has 1 amide bonds. The number of hydrogen-bond donors (Lipinski definition) is 0. The van der Waals surface area contributed by atoms with E-state index in [1.54, 1.807) is 30.3 Å². The minimum Gasteiger partial charge on any atom is -0.466 e. The van der Waals surface area contributed by atoms with Crippen molar-refractivity contribution in [2.45, 2.75) is 6.92 Å². The zero-order valence-corrected chi connectivity index (χ0v) is 14.3. The number of nitrogens with zero attached hydrogens (tertiary/aromatic N) is 1. The van der Waals surface area contributed by atoms with Crippen LogP contribution in [-0.2, 0) is 14.3 Å². The van der Waals surface area contributed by atoms with Gasteiger partial charge < -0.3 is 9.64 Å². The van der Waals surface area contributed by atoms with Gasteiger partial charge in [-0.05, 0) is 35.9 Å². The summed E-state index contributed by atoms with van der Waals surface area (Å²) in [5.74, 6) is -0.640. The Morgan fingerprint density at radius 1 is 1.08 bits per heavy atom. The molecule has 2 aromatic rings. The molecular formula is C19H18ClNO3. The number of rotatable bonds is 5. The predicted octanol–water partition coefficient (Wildman–Crippen LogP) is 3.95. The molecule has 5 heteroatoms. The van der Waals surface area contributed by atoms with Crippen LogP contribution in [0.4, 0.5) is 5.69 Å². The maximum absolute atomic E-state index is 12.1. The first-order chi connectivity index (χ1) is 11.5. The topological polar surface area (TPSA) is 46.6 Å². The molecule has 2 rings (SSSR count). The van der Waals surface area contributed by atoms with Gasteiger partial charge >= 0.3 is 5.97 Å². The largest absolute Gasteiger partial charge is 0.466 e. The first-order valence-corrected chi connectivity index (χ1v) is 7.76. The second-order valence-electron chi connectivity index (χ2n) is 5.15. The molecule has 0 aliphatic carbocycles. The van der Waals surface area contributed by atoms with E-state index in [0.29, 0.717) is 10.6 Å². The highest BCUT2D eigenvalue weighted by molar-refractivity contribution is 6.30. The molecule has 0 unspecified atom stereocenters. The number of para-hydroxylation sites is 1. The summed E-state index contributed by atoms with van der Waals surface area (Å²) in [6, 6.07) is 16.3. The first-order valence-electron chi connectivity index (χ1n) is 7.39. The normalized spacial score (nSPS) is 11.0. The summed E-state index contributed by atoms with van der Waals surface area (Å²) in [6.45, 7) is 1.58. The fourth-order valence-corrected chi connectivity index (χ4v) is 2.35. The van der Waals surface area contributed by atoms with Crippen LogP contribution in [0.5, 0.6) is 0 Å². The van der Waals surface area contributed by atoms with Crippen LogP contribution in [-0.4, -0.2) is 25.5 Å². The molecule has 0 saturated heterocycles. The van der Waals surface area contributed by atoms with Crippen molar-refractivity contribution in [2.75, 3.05) is 18.6 Å². The van der Waals surface area contributed by atoms with E-state index in [0.717, 1.165) is 11.3 Å². The fraction of sp³-hybridized carbons (Fsp3) is 0.158. The van der Waals surface area contributed by atoms with E-state index in [1.807, 2.05) is 30.3 Å². The number of halogens is 1. The van der Waals surface area contributed by atoms with Crippen molar-refractivity contribution >= 4 is 35.2 Å². The summed E-state index contributed by atoms with van der Waals surface area (Å²) in [5.41, 5.74) is 1.89. The number of methoxy groups -OCH3 is 1. The quantitative estimate of drug-likeness (QED) is 0.610. The molecule has 124 valence electrons. The number of ether oxygens (including phenoxy) is 1. The Labute approximate surface area is 146 Å². The molecule has 0 fully saturated rings. The second kappa shape index (κ2) is 8.31. The fourth-order valence-electron chi connectivity index (χ4n) is 2.22. The maximum atomic E-state index is 12.1. The lowest BCUT2D eigenvalue weighted by atomic mass is 10.1. The smallest absolute Gasteiger partial charge is 0.335 e. The molecule has 0 aliphatic rings. The zero-order valence-electron chi connectivity index (χ0n) is 13.5. The molecule has 0 saturated carbocycles. The molecule has 0 aliphatic heterocycles. The third kappa shape index (κ3) is 4.70. The summed E-state index contributed by atoms with van der Waals surface area (Å²) in [4.78, 5) is 25.7. The van der Waals surface area contributed by atoms with Gasteiger partial charge in [-0.2, -0.15) is 0 Å². The van der Waals surface area contributed by atoms with Crippen molar-refractivity contribution in [3.8, 4) is 0 Å². The van der Waals surface area contributed by atoms with Gasteiger partial charge in [-0.25, -0.2) is 4.79 Å². The van der Waals surface area contributed by atoms with E-state index in [2.05, 4.69) is 0 Å². The molecule has 0 N–H and O–H groups in total. The highest BCUT2D eigenvalue weighted by Gasteiger charge is 2.18. The number of carbonyl (C=O) groups is 2. The van der Waals surface area contributed by atoms with Gasteiger partial charge in [0, 0.05) is 17.6 Å². The van der Waals surface area contributed by atoms with Gasteiger partial charge in [0.2, 0.25) is 5.91 Å². The number of carbonyl (C=O) groups excluding carboxylic acids is 2. The Hall–Kier alpha value is -2.59. The molecule has 4 nitrogen and oxygen atoms in total. The van der Waals surface area contributed by atoms with Crippen molar-refractivity contribution in [3.63, 3.8) is 0 Å². The van der Waals surface area contributed by atoms with Crippen molar-refractivity contribution in [2.24, 2.45) is 0 Å². The number of anilines is 1. The molecule has 0 atom stereocenters. The van der Waals surface area contributed by atoms with Crippen molar-refractivity contribution in [3.05, 3.63) is 70.8 Å². The van der Waals surface area contributed by atoms with Crippen LogP contribution in [0, 0.1) is 0 Å². The van der Waals surface area contributed by atoms with Crippen LogP contribution >= 0.6 is 11.6 Å². The van der Waals surface area contributed by atoms with Gasteiger partial charge in [-0.3, -0.25) is 4.79 Å². The van der Waals surface area contributed by atoms with Crippen molar-refractivity contribution in [1.82, 2.24) is 0 Å². The van der Waals surface area contributed by atoms with Gasteiger partial charge in [-0.1, -0.05) is 41.9 Å². The summed E-state index contributed by atoms with van der Waals surface area (Å²) >= 11 is 5.88. The third-order valence-corrected chi connectivity index (χ3v) is 3.69. The molecule has 0 radical (unpaired) electrons. The summed E-state index contributed by atoms with van der Waals surface area (Å²) in [6.07, 6.45) is 1.70. The minimum absolute atomic E-state index is 0.120. The Morgan fingerprint density at radius 2 is 1.71 bits per heavy atom. The van der Waals surface area contributed by atoms with Crippen LogP contribution in [0.2, 0.25) is 5.02 Å². The highest BCUT2D eigenvalue weighted by Crippen LogP contribution is 2.18. The molecule has 0 bridgehead atoms. The monoisotopic (exact) mass is 343 g/mol. The molecular weight excluding hydrogens is 326 g/mol. The zero-order chi connectivity index (χ0) is 17.5. The molecule has 0 aromatic heterocycles. The van der Waals surface area contributed by atoms with E-state index in [4.69, 9.17) is 16.3 Å². The highest BCUT2D eigenvalue weighted by atomic mass is 35.5. The lowest BCUT2D eigenvalue weighted by molar-refractivity contribution is -0.136. The van der Waals surface area contributed by atoms with E-state index in [1.165, 1.54) is 18.9 Å². The number of benzene rings is 2. The van der Waals surface area contributed by atoms with Gasteiger partial charge in [0.1, 0.15) is 0 Å². The Balaban J connectivity index is 2.35. The standard InChI is InChI=1S/C19H18ClNO3/c1-14(22)21(18-6-4-3-5-7-18)13-16(19(23)24-2)12-15-8-10-17(20)11-9-15/h3-12H,13H2,1-2H3/b16-12-. The molecule has 24 heavy (non-hydrogen) atoms. The minimum atomic E-state index is -0.480. The van der Waals surface area contributed by atoms with Crippen LogP contribution < -0.4 is 4.90 Å². The molecule has 2 aromatic carbocycles. The van der Waals surface area contributed by atoms with Crippen LogP contribution in [0.25, 0.3) is 6.08 Å². The summed E-state index contributed by atoms with van der Waals surface area (Å²) in [5, 5.41) is 0.612. The average molecular weight is 344 g/mol. The number of amides is 1. The van der Waals surface area contributed by atoms with Crippen molar-refractivity contribution in [1.29, 1.82) is 0 Å². The third-order valence-electron chi connectivity index (χ3n) is 3.43. The van der Waals surface area contributed by atoms with Gasteiger partial charge in [0.05, 0.1) is 19.2 Å². The Morgan fingerprint density at radius 3 is 2.25 bits per heavy atom. The van der Waals surface area contributed by atoms with E-state index in [-0.39, 0.29) is 12.5 Å². The lowest BCUT2D eigenvalue weighted by Crippen LogP contribution is -2.32. The maximum Gasteiger partial charge on any atom is 0.335 e. The first kappa shape index (κ1) is 17.8. The second-order valence-corrected chi connectivity index (χ2v) is 5.59. The SMILES string of the molecule is COC(=O)/C(=C\c1ccc(Cl)cc1)CN(C(C)=O)c1ccccc1. The summed E-state index contributed by atoms with van der Waals surface area (Å²) < 4.78 is 4.85. The Kier molecular flexibility index (Phi) is 6.15. The summed E-state index contributed by atoms with van der Waals surface area (Å²) in [7, 11) is 1.32. The molecule has 0 heterocycles. The predicted molar refractivity (Wildman–Crippen MR) is 95.9 cm³/mol. The number of esters is 1. The molecule has 0 spiro atoms. The van der Waals surface area contributed by atoms with Crippen LogP contribution in [0.1, 0.15) is 12.5 Å². The van der Waals surface area contributed by atoms with Crippen LogP contribution in [0.15, 0.2) is 60.2 Å². The van der Waals surface area contributed by atoms with Gasteiger partial charge in [-0.15, -0.1) is 0 Å². The average Bonchev–Trinajstić information content (AvgIpc) is 2.60. The van der Waals surface area contributed by atoms with E-state index >= 15 is 0 Å².